The van der Waals surface area contributed by atoms with E-state index in [0.29, 0.717) is 0 Å². The smallest absolute Gasteiger partial charge is 0.257 e. The zero-order valence-electron chi connectivity index (χ0n) is 16.0. The van der Waals surface area contributed by atoms with Gasteiger partial charge in [0.25, 0.3) is 16.8 Å². The lowest BCUT2D eigenvalue weighted by atomic mass is 9.87. The lowest BCUT2D eigenvalue weighted by Crippen LogP contribution is -2.41. The van der Waals surface area contributed by atoms with Crippen LogP contribution in [0.25, 0.3) is 0 Å². The first-order chi connectivity index (χ1) is 12.6. The summed E-state index contributed by atoms with van der Waals surface area (Å²) in [4.78, 5) is 37.7. The summed E-state index contributed by atoms with van der Waals surface area (Å²) in [7, 11) is 3.17. The minimum atomic E-state index is -0.628. The van der Waals surface area contributed by atoms with Crippen LogP contribution in [0.5, 0.6) is 5.75 Å². The van der Waals surface area contributed by atoms with Crippen LogP contribution >= 0.6 is 0 Å². The lowest BCUT2D eigenvalue weighted by molar-refractivity contribution is 0.0824. The molecule has 1 aliphatic carbocycles. The molecule has 3 rings (SSSR count). The number of phenolic OH excluding ortho intramolecular Hbond substituents is 1. The highest BCUT2D eigenvalue weighted by Crippen LogP contribution is 2.40. The number of amides is 1. The highest BCUT2D eigenvalue weighted by Gasteiger charge is 2.36. The maximum atomic E-state index is 12.2. The van der Waals surface area contributed by atoms with Crippen LogP contribution in [0, 0.1) is 5.41 Å². The van der Waals surface area contributed by atoms with E-state index in [1.54, 1.807) is 26.2 Å². The summed E-state index contributed by atoms with van der Waals surface area (Å²) in [6, 6.07) is 4.78. The summed E-state index contributed by atoms with van der Waals surface area (Å²) < 4.78 is 0. The van der Waals surface area contributed by atoms with Crippen LogP contribution in [0.15, 0.2) is 27.8 Å². The number of carbonyl (C=O) groups excluding carboxylic acids is 1. The molecule has 0 saturated heterocycles. The normalized spacial score (nSPS) is 18.4. The van der Waals surface area contributed by atoms with E-state index in [1.165, 1.54) is 11.0 Å². The lowest BCUT2D eigenvalue weighted by Gasteiger charge is -2.30. The van der Waals surface area contributed by atoms with E-state index in [-0.39, 0.29) is 48.6 Å². The third-order valence-corrected chi connectivity index (χ3v) is 5.42. The van der Waals surface area contributed by atoms with Crippen molar-refractivity contribution in [2.75, 3.05) is 24.7 Å². The Morgan fingerprint density at radius 2 is 1.89 bits per heavy atom. The van der Waals surface area contributed by atoms with Gasteiger partial charge in [-0.3, -0.25) is 14.4 Å². The van der Waals surface area contributed by atoms with Crippen molar-refractivity contribution in [3.8, 4) is 5.75 Å². The van der Waals surface area contributed by atoms with Gasteiger partial charge in [-0.05, 0) is 30.4 Å². The Bertz CT molecular complexity index is 965. The van der Waals surface area contributed by atoms with Gasteiger partial charge in [-0.2, -0.15) is 0 Å². The van der Waals surface area contributed by atoms with E-state index in [2.05, 4.69) is 24.5 Å². The molecule has 0 aromatic heterocycles. The molecule has 148 valence electrons. The van der Waals surface area contributed by atoms with Crippen LogP contribution in [0.3, 0.4) is 0 Å². The predicted molar refractivity (Wildman–Crippen MR) is 110 cm³/mol. The monoisotopic (exact) mass is 375 g/mol. The molecule has 3 N–H and O–H groups in total. The van der Waals surface area contributed by atoms with E-state index >= 15 is 0 Å². The Hall–Kier alpha value is -2.83. The van der Waals surface area contributed by atoms with Crippen molar-refractivity contribution in [2.24, 2.45) is 5.41 Å². The van der Waals surface area contributed by atoms with E-state index in [9.17, 15) is 19.5 Å². The summed E-state index contributed by atoms with van der Waals surface area (Å²) in [5.41, 5.74) is -0.427. The van der Waals surface area contributed by atoms with Crippen LogP contribution in [0.1, 0.15) is 46.3 Å². The first kappa shape index (κ1) is 18.9. The number of phenols is 1. The van der Waals surface area contributed by atoms with Gasteiger partial charge < -0.3 is 20.6 Å². The first-order valence-electron chi connectivity index (χ1n) is 9.04. The van der Waals surface area contributed by atoms with Gasteiger partial charge in [0.1, 0.15) is 11.4 Å². The molecule has 7 nitrogen and oxygen atoms in total. The Balaban J connectivity index is 0.00000210. The molecule has 0 radical (unpaired) electrons. The van der Waals surface area contributed by atoms with E-state index in [1.807, 2.05) is 0 Å². The van der Waals surface area contributed by atoms with E-state index in [4.69, 9.17) is 0 Å². The Morgan fingerprint density at radius 3 is 2.48 bits per heavy atom. The van der Waals surface area contributed by atoms with Crippen molar-refractivity contribution in [1.29, 1.82) is 0 Å². The Labute approximate surface area is 160 Å². The molecule has 1 saturated carbocycles. The number of hydrogen-bond donors (Lipinski definition) is 3. The largest absolute Gasteiger partial charge is 0.505 e. The second-order valence-electron chi connectivity index (χ2n) is 8.01. The number of nitrogens with one attached hydrogen (secondary N) is 2. The Kier molecular flexibility index (Phi) is 4.71. The molecule has 1 fully saturated rings. The molecule has 2 aromatic rings. The molecule has 0 heterocycles. The number of para-hydroxylation sites is 1. The third kappa shape index (κ3) is 3.29. The van der Waals surface area contributed by atoms with E-state index in [0.717, 1.165) is 19.3 Å². The number of nitrogens with zero attached hydrogens (tertiary/aromatic N) is 1. The predicted octanol–water partition coefficient (Wildman–Crippen LogP) is 2.92. The number of carbonyl (C=O) groups is 1. The quantitative estimate of drug-likeness (QED) is 0.549. The number of rotatable bonds is 5. The van der Waals surface area contributed by atoms with Crippen molar-refractivity contribution in [1.82, 2.24) is 4.90 Å². The second-order valence-corrected chi connectivity index (χ2v) is 8.01. The highest BCUT2D eigenvalue weighted by atomic mass is 16.3. The van der Waals surface area contributed by atoms with Crippen molar-refractivity contribution in [3.63, 3.8) is 0 Å². The molecular formula is C20H29N3O4. The summed E-state index contributed by atoms with van der Waals surface area (Å²) in [5, 5.41) is 16.5. The Morgan fingerprint density at radius 1 is 1.22 bits per heavy atom. The minimum Gasteiger partial charge on any atom is -0.505 e. The number of aromatic hydroxyl groups is 1. The van der Waals surface area contributed by atoms with Crippen molar-refractivity contribution >= 4 is 23.0 Å². The number of benzene rings is 1. The van der Waals surface area contributed by atoms with Crippen LogP contribution in [-0.2, 0) is 0 Å². The van der Waals surface area contributed by atoms with E-state index < -0.39 is 10.9 Å². The average Bonchev–Trinajstić information content (AvgIpc) is 2.96. The van der Waals surface area contributed by atoms with Gasteiger partial charge in [0.05, 0.1) is 11.3 Å². The molecule has 27 heavy (non-hydrogen) atoms. The van der Waals surface area contributed by atoms with Gasteiger partial charge in [-0.15, -0.1) is 0 Å². The molecular weight excluding hydrogens is 346 g/mol. The summed E-state index contributed by atoms with van der Waals surface area (Å²) in [6.45, 7) is 4.27. The summed E-state index contributed by atoms with van der Waals surface area (Å²) in [6.07, 6.45) is 3.06. The van der Waals surface area contributed by atoms with Crippen molar-refractivity contribution in [2.45, 2.75) is 39.2 Å². The molecule has 0 bridgehead atoms. The SMILES string of the molecule is CN(C)C(=O)c1cccc(Nc2c(N[C@H]3CCCC3(C)C)c(=O)c2=O)c1O.[HH].[HH]. The molecule has 2 aromatic carbocycles. The maximum Gasteiger partial charge on any atom is 0.257 e. The van der Waals surface area contributed by atoms with Gasteiger partial charge >= 0.3 is 0 Å². The molecule has 1 atom stereocenters. The molecule has 0 spiro atoms. The van der Waals surface area contributed by atoms with Crippen LogP contribution < -0.4 is 21.5 Å². The van der Waals surface area contributed by atoms with Crippen molar-refractivity contribution < 1.29 is 12.8 Å². The number of anilines is 3. The fourth-order valence-electron chi connectivity index (χ4n) is 3.61. The molecule has 1 amide bonds. The zero-order chi connectivity index (χ0) is 19.9. The minimum absolute atomic E-state index is 0. The summed E-state index contributed by atoms with van der Waals surface area (Å²) >= 11 is 0. The van der Waals surface area contributed by atoms with Gasteiger partial charge in [0.15, 0.2) is 5.75 Å². The average molecular weight is 375 g/mol. The number of hydrogen-bond acceptors (Lipinski definition) is 6. The maximum absolute atomic E-state index is 12.2. The van der Waals surface area contributed by atoms with Crippen LogP contribution in [0.4, 0.5) is 17.1 Å². The van der Waals surface area contributed by atoms with Crippen LogP contribution in [0.2, 0.25) is 0 Å². The zero-order valence-corrected chi connectivity index (χ0v) is 16.0. The molecule has 1 aliphatic rings. The van der Waals surface area contributed by atoms with Gasteiger partial charge in [-0.25, -0.2) is 0 Å². The molecule has 0 aliphatic heterocycles. The third-order valence-electron chi connectivity index (χ3n) is 5.42. The second kappa shape index (κ2) is 6.72. The van der Waals surface area contributed by atoms with Crippen molar-refractivity contribution in [3.05, 3.63) is 44.2 Å². The molecule has 7 heteroatoms. The highest BCUT2D eigenvalue weighted by molar-refractivity contribution is 5.99. The topological polar surface area (TPSA) is 98.7 Å². The van der Waals surface area contributed by atoms with Crippen LogP contribution in [-0.4, -0.2) is 36.1 Å². The van der Waals surface area contributed by atoms with Gasteiger partial charge in [0.2, 0.25) is 0 Å². The van der Waals surface area contributed by atoms with Gasteiger partial charge in [-0.1, -0.05) is 26.3 Å². The van der Waals surface area contributed by atoms with Gasteiger partial charge in [0, 0.05) is 23.0 Å². The standard InChI is InChI=1S/C20H25N3O4.2H2/c1-20(2)10-6-9-13(20)22-15-14(17(25)18(15)26)21-12-8-5-7-11(16(12)24)19(27)23(3)4;;/h5,7-8,13,21-22,24H,6,9-10H2,1-4H3;2*1H/t13-;;/m0../s1. The molecule has 0 unspecified atom stereocenters. The fraction of sp³-hybridized carbons (Fsp3) is 0.450. The first-order valence-corrected chi connectivity index (χ1v) is 9.04. The summed E-state index contributed by atoms with van der Waals surface area (Å²) in [5.74, 6) is -0.608. The fourth-order valence-corrected chi connectivity index (χ4v) is 3.61.